The first-order chi connectivity index (χ1) is 9.56. The molecule has 7 heteroatoms. The van der Waals surface area contributed by atoms with E-state index < -0.39 is 4.92 Å². The van der Waals surface area contributed by atoms with Crippen LogP contribution in [0.4, 0.5) is 5.69 Å². The number of benzene rings is 1. The van der Waals surface area contributed by atoms with Crippen molar-refractivity contribution in [3.05, 3.63) is 68.4 Å². The van der Waals surface area contributed by atoms with Gasteiger partial charge in [0.25, 0.3) is 11.6 Å². The van der Waals surface area contributed by atoms with E-state index in [-0.39, 0.29) is 11.6 Å². The second kappa shape index (κ2) is 6.25. The van der Waals surface area contributed by atoms with Gasteiger partial charge in [-0.1, -0.05) is 12.1 Å². The standard InChI is InChI=1S/C13H10BrN3O3/c14-12-6-3-10(8-15-12)13(18)16-7-9-1-4-11(5-2-9)17(19)20/h1-6,8H,7H2,(H,16,18). The van der Waals surface area contributed by atoms with E-state index in [1.807, 2.05) is 0 Å². The van der Waals surface area contributed by atoms with Gasteiger partial charge in [0.2, 0.25) is 0 Å². The number of nitro groups is 1. The Hall–Kier alpha value is -2.28. The minimum absolute atomic E-state index is 0.0252. The monoisotopic (exact) mass is 335 g/mol. The molecule has 0 spiro atoms. The predicted molar refractivity (Wildman–Crippen MR) is 76.2 cm³/mol. The lowest BCUT2D eigenvalue weighted by Crippen LogP contribution is -2.22. The number of amides is 1. The molecule has 0 radical (unpaired) electrons. The molecule has 20 heavy (non-hydrogen) atoms. The molecule has 0 aliphatic heterocycles. The van der Waals surface area contributed by atoms with Crippen molar-refractivity contribution in [2.45, 2.75) is 6.54 Å². The van der Waals surface area contributed by atoms with E-state index in [4.69, 9.17) is 0 Å². The zero-order valence-corrected chi connectivity index (χ0v) is 11.8. The summed E-state index contributed by atoms with van der Waals surface area (Å²) >= 11 is 3.19. The fourth-order valence-corrected chi connectivity index (χ4v) is 1.76. The smallest absolute Gasteiger partial charge is 0.269 e. The van der Waals surface area contributed by atoms with Crippen LogP contribution in [-0.4, -0.2) is 15.8 Å². The number of rotatable bonds is 4. The van der Waals surface area contributed by atoms with Gasteiger partial charge in [-0.2, -0.15) is 0 Å². The maximum atomic E-state index is 11.8. The molecule has 1 N–H and O–H groups in total. The van der Waals surface area contributed by atoms with Crippen LogP contribution in [0.15, 0.2) is 47.2 Å². The molecule has 0 saturated carbocycles. The highest BCUT2D eigenvalue weighted by atomic mass is 79.9. The molecular weight excluding hydrogens is 326 g/mol. The van der Waals surface area contributed by atoms with Crippen LogP contribution in [-0.2, 0) is 6.54 Å². The van der Waals surface area contributed by atoms with E-state index in [2.05, 4.69) is 26.2 Å². The number of nitrogens with zero attached hydrogens (tertiary/aromatic N) is 2. The van der Waals surface area contributed by atoms with Crippen molar-refractivity contribution >= 4 is 27.5 Å². The van der Waals surface area contributed by atoms with Gasteiger partial charge in [0.15, 0.2) is 0 Å². The number of halogens is 1. The molecule has 1 aromatic heterocycles. The Bertz CT molecular complexity index is 626. The van der Waals surface area contributed by atoms with Crippen LogP contribution < -0.4 is 5.32 Å². The van der Waals surface area contributed by atoms with Gasteiger partial charge < -0.3 is 5.32 Å². The molecule has 2 aromatic rings. The van der Waals surface area contributed by atoms with E-state index >= 15 is 0 Å². The number of hydrogen-bond acceptors (Lipinski definition) is 4. The number of aromatic nitrogens is 1. The maximum Gasteiger partial charge on any atom is 0.269 e. The number of hydrogen-bond donors (Lipinski definition) is 1. The third kappa shape index (κ3) is 3.61. The quantitative estimate of drug-likeness (QED) is 0.528. The molecule has 6 nitrogen and oxygen atoms in total. The van der Waals surface area contributed by atoms with Crippen molar-refractivity contribution in [1.82, 2.24) is 10.3 Å². The van der Waals surface area contributed by atoms with Crippen LogP contribution >= 0.6 is 15.9 Å². The Labute approximate surface area is 123 Å². The highest BCUT2D eigenvalue weighted by molar-refractivity contribution is 9.10. The highest BCUT2D eigenvalue weighted by Gasteiger charge is 2.07. The minimum atomic E-state index is -0.462. The number of pyridine rings is 1. The number of carbonyl (C=O) groups is 1. The van der Waals surface area contributed by atoms with Gasteiger partial charge in [0.05, 0.1) is 10.5 Å². The van der Waals surface area contributed by atoms with E-state index in [1.165, 1.54) is 18.3 Å². The lowest BCUT2D eigenvalue weighted by atomic mass is 10.2. The van der Waals surface area contributed by atoms with Gasteiger partial charge in [-0.15, -0.1) is 0 Å². The first-order valence-electron chi connectivity index (χ1n) is 5.69. The molecule has 1 aromatic carbocycles. The number of non-ortho nitro benzene ring substituents is 1. The number of carbonyl (C=O) groups excluding carboxylic acids is 1. The number of nitro benzene ring substituents is 1. The third-order valence-electron chi connectivity index (χ3n) is 2.59. The van der Waals surface area contributed by atoms with Gasteiger partial charge in [0, 0.05) is 24.9 Å². The Morgan fingerprint density at radius 2 is 1.95 bits per heavy atom. The van der Waals surface area contributed by atoms with Crippen molar-refractivity contribution in [2.24, 2.45) is 0 Å². The molecule has 0 fully saturated rings. The minimum Gasteiger partial charge on any atom is -0.348 e. The van der Waals surface area contributed by atoms with Crippen LogP contribution in [0, 0.1) is 10.1 Å². The molecule has 0 bridgehead atoms. The summed E-state index contributed by atoms with van der Waals surface area (Å²) in [5, 5.41) is 13.2. The Morgan fingerprint density at radius 3 is 2.50 bits per heavy atom. The second-order valence-corrected chi connectivity index (χ2v) is 4.79. The van der Waals surface area contributed by atoms with Crippen molar-refractivity contribution in [3.63, 3.8) is 0 Å². The molecule has 1 amide bonds. The zero-order chi connectivity index (χ0) is 14.5. The molecule has 0 atom stereocenters. The van der Waals surface area contributed by atoms with Crippen LogP contribution in [0.2, 0.25) is 0 Å². The Morgan fingerprint density at radius 1 is 1.25 bits per heavy atom. The van der Waals surface area contributed by atoms with Crippen molar-refractivity contribution in [3.8, 4) is 0 Å². The zero-order valence-electron chi connectivity index (χ0n) is 10.2. The van der Waals surface area contributed by atoms with Gasteiger partial charge >= 0.3 is 0 Å². The van der Waals surface area contributed by atoms with Gasteiger partial charge in [0.1, 0.15) is 4.60 Å². The molecule has 0 unspecified atom stereocenters. The van der Waals surface area contributed by atoms with Crippen LogP contribution in [0.1, 0.15) is 15.9 Å². The van der Waals surface area contributed by atoms with Gasteiger partial charge in [-0.3, -0.25) is 14.9 Å². The largest absolute Gasteiger partial charge is 0.348 e. The molecule has 0 aliphatic rings. The summed E-state index contributed by atoms with van der Waals surface area (Å²) in [6.07, 6.45) is 1.47. The lowest BCUT2D eigenvalue weighted by Gasteiger charge is -2.05. The average molecular weight is 336 g/mol. The van der Waals surface area contributed by atoms with E-state index in [1.54, 1.807) is 24.3 Å². The maximum absolute atomic E-state index is 11.8. The second-order valence-electron chi connectivity index (χ2n) is 3.98. The summed E-state index contributed by atoms with van der Waals surface area (Å²) in [5.41, 5.74) is 1.27. The molecule has 0 aliphatic carbocycles. The molecule has 2 rings (SSSR count). The summed E-state index contributed by atoms with van der Waals surface area (Å²) in [4.78, 5) is 25.9. The normalized spacial score (nSPS) is 10.1. The SMILES string of the molecule is O=C(NCc1ccc([N+](=O)[O-])cc1)c1ccc(Br)nc1. The van der Waals surface area contributed by atoms with Gasteiger partial charge in [-0.25, -0.2) is 4.98 Å². The summed E-state index contributed by atoms with van der Waals surface area (Å²) in [6.45, 7) is 0.299. The Balaban J connectivity index is 1.96. The molecule has 1 heterocycles. The van der Waals surface area contributed by atoms with Crippen molar-refractivity contribution < 1.29 is 9.72 Å². The summed E-state index contributed by atoms with van der Waals surface area (Å²) < 4.78 is 0.657. The fraction of sp³-hybridized carbons (Fsp3) is 0.0769. The van der Waals surface area contributed by atoms with Crippen molar-refractivity contribution in [2.75, 3.05) is 0 Å². The number of nitrogens with one attached hydrogen (secondary N) is 1. The van der Waals surface area contributed by atoms with Crippen LogP contribution in [0.3, 0.4) is 0 Å². The summed E-state index contributed by atoms with van der Waals surface area (Å²) in [5.74, 6) is -0.247. The molecular formula is C13H10BrN3O3. The van der Waals surface area contributed by atoms with Crippen LogP contribution in [0.5, 0.6) is 0 Å². The fourth-order valence-electron chi connectivity index (χ4n) is 1.53. The molecule has 102 valence electrons. The van der Waals surface area contributed by atoms with Crippen LogP contribution in [0.25, 0.3) is 0 Å². The van der Waals surface area contributed by atoms with E-state index in [0.717, 1.165) is 5.56 Å². The lowest BCUT2D eigenvalue weighted by molar-refractivity contribution is -0.384. The Kier molecular flexibility index (Phi) is 4.41. The first-order valence-corrected chi connectivity index (χ1v) is 6.48. The van der Waals surface area contributed by atoms with E-state index in [0.29, 0.717) is 16.7 Å². The first kappa shape index (κ1) is 14.1. The van der Waals surface area contributed by atoms with Crippen molar-refractivity contribution in [1.29, 1.82) is 0 Å². The third-order valence-corrected chi connectivity index (χ3v) is 3.06. The summed E-state index contributed by atoms with van der Waals surface area (Å²) in [7, 11) is 0. The highest BCUT2D eigenvalue weighted by Crippen LogP contribution is 2.12. The van der Waals surface area contributed by atoms with Gasteiger partial charge in [-0.05, 0) is 33.6 Å². The van der Waals surface area contributed by atoms with E-state index in [9.17, 15) is 14.9 Å². The molecule has 0 saturated heterocycles. The topological polar surface area (TPSA) is 85.1 Å². The average Bonchev–Trinajstić information content (AvgIpc) is 2.46. The summed E-state index contributed by atoms with van der Waals surface area (Å²) in [6, 6.07) is 9.37. The predicted octanol–water partition coefficient (Wildman–Crippen LogP) is 2.68.